The van der Waals surface area contributed by atoms with E-state index in [1.807, 2.05) is 19.1 Å². The van der Waals surface area contributed by atoms with Crippen molar-refractivity contribution < 1.29 is 4.74 Å². The van der Waals surface area contributed by atoms with Crippen molar-refractivity contribution in [1.82, 2.24) is 0 Å². The largest absolute Gasteiger partial charge is 0.376 e. The summed E-state index contributed by atoms with van der Waals surface area (Å²) in [5.74, 6) is 0.581. The van der Waals surface area contributed by atoms with Gasteiger partial charge in [0.1, 0.15) is 0 Å². The summed E-state index contributed by atoms with van der Waals surface area (Å²) >= 11 is 5.33. The van der Waals surface area contributed by atoms with Gasteiger partial charge in [0.05, 0.1) is 13.2 Å². The molecule has 0 amide bonds. The van der Waals surface area contributed by atoms with Crippen molar-refractivity contribution in [3.8, 4) is 0 Å². The predicted molar refractivity (Wildman–Crippen MR) is 36.4 cm³/mol. The topological polar surface area (TPSA) is 9.23 Å². The van der Waals surface area contributed by atoms with Crippen molar-refractivity contribution in [2.45, 2.75) is 6.92 Å². The third kappa shape index (κ3) is 5.99. The van der Waals surface area contributed by atoms with Gasteiger partial charge in [0, 0.05) is 5.88 Å². The van der Waals surface area contributed by atoms with Gasteiger partial charge in [0.25, 0.3) is 0 Å². The lowest BCUT2D eigenvalue weighted by Crippen LogP contribution is -1.93. The molecule has 0 fully saturated rings. The number of halogens is 1. The minimum atomic E-state index is 0.581. The van der Waals surface area contributed by atoms with E-state index >= 15 is 0 Å². The molecule has 0 aliphatic rings. The van der Waals surface area contributed by atoms with Gasteiger partial charge < -0.3 is 4.74 Å². The van der Waals surface area contributed by atoms with Crippen LogP contribution in [0.3, 0.4) is 0 Å². The van der Waals surface area contributed by atoms with E-state index in [2.05, 4.69) is 0 Å². The standard InChI is InChI=1S/C6H11ClO/c1-2-3-5-8-6-4-7/h2-3H,4-6H2,1H3. The van der Waals surface area contributed by atoms with Crippen LogP contribution in [0.2, 0.25) is 0 Å². The Labute approximate surface area is 55.3 Å². The van der Waals surface area contributed by atoms with Gasteiger partial charge in [-0.25, -0.2) is 0 Å². The molecule has 2 heteroatoms. The maximum Gasteiger partial charge on any atom is 0.0647 e. The Hall–Kier alpha value is -0.0100. The van der Waals surface area contributed by atoms with Gasteiger partial charge in [0.2, 0.25) is 0 Å². The Morgan fingerprint density at radius 3 is 2.88 bits per heavy atom. The van der Waals surface area contributed by atoms with Crippen LogP contribution in [0.15, 0.2) is 12.2 Å². The first-order valence-electron chi connectivity index (χ1n) is 2.66. The molecule has 0 saturated carbocycles. The van der Waals surface area contributed by atoms with Crippen LogP contribution in [0.4, 0.5) is 0 Å². The summed E-state index contributed by atoms with van der Waals surface area (Å²) in [6, 6.07) is 0. The van der Waals surface area contributed by atoms with E-state index < -0.39 is 0 Å². The third-order valence-electron chi connectivity index (χ3n) is 0.671. The van der Waals surface area contributed by atoms with Crippen LogP contribution >= 0.6 is 11.6 Å². The van der Waals surface area contributed by atoms with Crippen LogP contribution < -0.4 is 0 Å². The monoisotopic (exact) mass is 134 g/mol. The van der Waals surface area contributed by atoms with Crippen molar-refractivity contribution in [3.05, 3.63) is 12.2 Å². The molecule has 1 nitrogen and oxygen atoms in total. The highest BCUT2D eigenvalue weighted by atomic mass is 35.5. The Morgan fingerprint density at radius 1 is 1.62 bits per heavy atom. The molecule has 0 atom stereocenters. The zero-order valence-corrected chi connectivity index (χ0v) is 5.82. The highest BCUT2D eigenvalue weighted by Crippen LogP contribution is 1.79. The Kier molecular flexibility index (Phi) is 6.98. The minimum Gasteiger partial charge on any atom is -0.376 e. The molecule has 0 heterocycles. The molecule has 0 N–H and O–H groups in total. The van der Waals surface area contributed by atoms with E-state index in [1.54, 1.807) is 0 Å². The second-order valence-corrected chi connectivity index (χ2v) is 1.71. The van der Waals surface area contributed by atoms with E-state index in [-0.39, 0.29) is 0 Å². The number of alkyl halides is 1. The van der Waals surface area contributed by atoms with Gasteiger partial charge in [-0.1, -0.05) is 12.2 Å². The fraction of sp³-hybridized carbons (Fsp3) is 0.667. The lowest BCUT2D eigenvalue weighted by Gasteiger charge is -1.92. The van der Waals surface area contributed by atoms with E-state index in [0.717, 1.165) is 0 Å². The fourth-order valence-corrected chi connectivity index (χ4v) is 0.411. The molecule has 0 bridgehead atoms. The number of allylic oxidation sites excluding steroid dienone is 1. The van der Waals surface area contributed by atoms with Gasteiger partial charge in [-0.3, -0.25) is 0 Å². The molecule has 0 aliphatic carbocycles. The predicted octanol–water partition coefficient (Wildman–Crippen LogP) is 1.82. The smallest absolute Gasteiger partial charge is 0.0647 e. The Balaban J connectivity index is 2.72. The molecular formula is C6H11ClO. The molecular weight excluding hydrogens is 124 g/mol. The summed E-state index contributed by atoms with van der Waals surface area (Å²) in [7, 11) is 0. The summed E-state index contributed by atoms with van der Waals surface area (Å²) in [4.78, 5) is 0. The first-order valence-corrected chi connectivity index (χ1v) is 3.20. The molecule has 0 aromatic carbocycles. The number of rotatable bonds is 4. The zero-order chi connectivity index (χ0) is 6.24. The summed E-state index contributed by atoms with van der Waals surface area (Å²) in [6.45, 7) is 3.29. The van der Waals surface area contributed by atoms with Gasteiger partial charge in [-0.2, -0.15) is 0 Å². The van der Waals surface area contributed by atoms with Gasteiger partial charge in [-0.05, 0) is 6.92 Å². The first-order chi connectivity index (χ1) is 3.91. The zero-order valence-electron chi connectivity index (χ0n) is 5.06. The van der Waals surface area contributed by atoms with E-state index in [9.17, 15) is 0 Å². The maximum absolute atomic E-state index is 5.33. The second-order valence-electron chi connectivity index (χ2n) is 1.33. The number of ether oxygens (including phenoxy) is 1. The van der Waals surface area contributed by atoms with E-state index in [4.69, 9.17) is 16.3 Å². The average Bonchev–Trinajstić information content (AvgIpc) is 1.81. The molecule has 0 aromatic rings. The molecule has 48 valence electrons. The Bertz CT molecular complexity index is 61.5. The second kappa shape index (κ2) is 6.99. The van der Waals surface area contributed by atoms with Crippen molar-refractivity contribution in [1.29, 1.82) is 0 Å². The van der Waals surface area contributed by atoms with Gasteiger partial charge in [0.15, 0.2) is 0 Å². The van der Waals surface area contributed by atoms with Crippen molar-refractivity contribution in [3.63, 3.8) is 0 Å². The SMILES string of the molecule is CC=CCOCCCl. The van der Waals surface area contributed by atoms with Crippen LogP contribution in [0.25, 0.3) is 0 Å². The van der Waals surface area contributed by atoms with E-state index in [0.29, 0.717) is 19.1 Å². The first kappa shape index (κ1) is 7.99. The lowest BCUT2D eigenvalue weighted by molar-refractivity contribution is 0.179. The summed E-state index contributed by atoms with van der Waals surface area (Å²) in [5, 5.41) is 0. The van der Waals surface area contributed by atoms with Crippen LogP contribution in [-0.4, -0.2) is 19.1 Å². The Morgan fingerprint density at radius 2 is 2.38 bits per heavy atom. The summed E-state index contributed by atoms with van der Waals surface area (Å²) in [5.41, 5.74) is 0. The number of hydrogen-bond acceptors (Lipinski definition) is 1. The van der Waals surface area contributed by atoms with Crippen LogP contribution in [0, 0.1) is 0 Å². The minimum absolute atomic E-state index is 0.581. The van der Waals surface area contributed by atoms with Crippen molar-refractivity contribution in [2.75, 3.05) is 19.1 Å². The molecule has 0 rings (SSSR count). The number of hydrogen-bond donors (Lipinski definition) is 0. The quantitative estimate of drug-likeness (QED) is 0.324. The molecule has 0 spiro atoms. The normalized spacial score (nSPS) is 10.8. The molecule has 0 radical (unpaired) electrons. The molecule has 0 aliphatic heterocycles. The van der Waals surface area contributed by atoms with Crippen LogP contribution in [0.5, 0.6) is 0 Å². The molecule has 8 heavy (non-hydrogen) atoms. The fourth-order valence-electron chi connectivity index (χ4n) is 0.302. The highest BCUT2D eigenvalue weighted by Gasteiger charge is 1.77. The third-order valence-corrected chi connectivity index (χ3v) is 0.826. The van der Waals surface area contributed by atoms with Crippen LogP contribution in [-0.2, 0) is 4.74 Å². The van der Waals surface area contributed by atoms with Crippen LogP contribution in [0.1, 0.15) is 6.92 Å². The van der Waals surface area contributed by atoms with Gasteiger partial charge in [-0.15, -0.1) is 11.6 Å². The van der Waals surface area contributed by atoms with Crippen molar-refractivity contribution in [2.24, 2.45) is 0 Å². The molecule has 0 aromatic heterocycles. The van der Waals surface area contributed by atoms with E-state index in [1.165, 1.54) is 0 Å². The maximum atomic E-state index is 5.33. The summed E-state index contributed by atoms with van der Waals surface area (Å²) in [6.07, 6.45) is 3.90. The molecule has 0 unspecified atom stereocenters. The molecule has 0 saturated heterocycles. The lowest BCUT2D eigenvalue weighted by atomic mass is 10.5. The average molecular weight is 135 g/mol. The van der Waals surface area contributed by atoms with Crippen molar-refractivity contribution >= 4 is 11.6 Å². The highest BCUT2D eigenvalue weighted by molar-refractivity contribution is 6.17. The van der Waals surface area contributed by atoms with Gasteiger partial charge >= 0.3 is 0 Å². The summed E-state index contributed by atoms with van der Waals surface area (Å²) < 4.78 is 5.00.